The number of nitrogens with zero attached hydrogens (tertiary/aromatic N) is 2. The van der Waals surface area contributed by atoms with Crippen molar-refractivity contribution >= 4 is 5.78 Å². The zero-order chi connectivity index (χ0) is 8.72. The van der Waals surface area contributed by atoms with Crippen LogP contribution in [0.15, 0.2) is 6.20 Å². The molecule has 1 aliphatic carbocycles. The predicted octanol–water partition coefficient (Wildman–Crippen LogP) is 0.887. The number of fused-ring (bicyclic) bond motifs is 1. The minimum atomic E-state index is -1.32. The zero-order valence-electron chi connectivity index (χ0n) is 6.75. The Morgan fingerprint density at radius 2 is 2.50 bits per heavy atom. The molecule has 0 spiro atoms. The van der Waals surface area contributed by atoms with Gasteiger partial charge in [0.2, 0.25) is 0 Å². The highest BCUT2D eigenvalue weighted by Gasteiger charge is 2.29. The minimum absolute atomic E-state index is 0.297. The molecular weight excluding hydrogens is 159 g/mol. The van der Waals surface area contributed by atoms with Crippen LogP contribution >= 0.6 is 0 Å². The lowest BCUT2D eigenvalue weighted by atomic mass is 9.95. The van der Waals surface area contributed by atoms with Crippen LogP contribution in [0, 0.1) is 0 Å². The van der Waals surface area contributed by atoms with Gasteiger partial charge in [0.15, 0.2) is 12.0 Å². The average Bonchev–Trinajstić information content (AvgIpc) is 2.41. The molecular formula is C8H9FN2O. The van der Waals surface area contributed by atoms with Gasteiger partial charge in [-0.1, -0.05) is 0 Å². The van der Waals surface area contributed by atoms with E-state index in [0.29, 0.717) is 18.4 Å². The van der Waals surface area contributed by atoms with Crippen molar-refractivity contribution in [3.8, 4) is 0 Å². The summed E-state index contributed by atoms with van der Waals surface area (Å²) in [5.74, 6) is -0.413. The van der Waals surface area contributed by atoms with Crippen molar-refractivity contribution in [3.05, 3.63) is 17.5 Å². The van der Waals surface area contributed by atoms with Crippen molar-refractivity contribution in [2.75, 3.05) is 0 Å². The summed E-state index contributed by atoms with van der Waals surface area (Å²) < 4.78 is 14.5. The number of rotatable bonds is 0. The standard InChI is InChI=1S/C8H9FN2O/c1-11-7-3-2-6(9)8(12)5(7)4-10-11/h4,6H,2-3H2,1H3. The Bertz CT molecular complexity index is 332. The van der Waals surface area contributed by atoms with Crippen LogP contribution < -0.4 is 0 Å². The minimum Gasteiger partial charge on any atom is -0.291 e. The molecule has 0 bridgehead atoms. The molecule has 3 nitrogen and oxygen atoms in total. The highest BCUT2D eigenvalue weighted by Crippen LogP contribution is 2.22. The number of Topliss-reactive ketones (excluding diaryl/α,β-unsaturated/α-hetero) is 1. The van der Waals surface area contributed by atoms with E-state index in [2.05, 4.69) is 5.10 Å². The van der Waals surface area contributed by atoms with E-state index in [4.69, 9.17) is 0 Å². The first-order valence-electron chi connectivity index (χ1n) is 3.89. The van der Waals surface area contributed by atoms with E-state index in [1.165, 1.54) is 6.20 Å². The lowest BCUT2D eigenvalue weighted by Gasteiger charge is -2.14. The molecule has 0 fully saturated rings. The molecule has 1 aromatic heterocycles. The third-order valence-corrected chi connectivity index (χ3v) is 2.25. The Morgan fingerprint density at radius 3 is 3.25 bits per heavy atom. The number of carbonyl (C=O) groups excluding carboxylic acids is 1. The van der Waals surface area contributed by atoms with Gasteiger partial charge >= 0.3 is 0 Å². The van der Waals surface area contributed by atoms with Crippen molar-refractivity contribution in [2.24, 2.45) is 7.05 Å². The number of halogens is 1. The average molecular weight is 168 g/mol. The van der Waals surface area contributed by atoms with Gasteiger partial charge < -0.3 is 0 Å². The molecule has 2 rings (SSSR count). The first-order valence-corrected chi connectivity index (χ1v) is 3.89. The van der Waals surface area contributed by atoms with Crippen LogP contribution in [0.5, 0.6) is 0 Å². The number of alkyl halides is 1. The van der Waals surface area contributed by atoms with Gasteiger partial charge in [0.05, 0.1) is 11.8 Å². The second-order valence-electron chi connectivity index (χ2n) is 3.00. The van der Waals surface area contributed by atoms with Crippen molar-refractivity contribution in [2.45, 2.75) is 19.0 Å². The van der Waals surface area contributed by atoms with Gasteiger partial charge in [0, 0.05) is 12.7 Å². The fourth-order valence-electron chi connectivity index (χ4n) is 1.53. The summed E-state index contributed by atoms with van der Waals surface area (Å²) in [6.45, 7) is 0. The maximum Gasteiger partial charge on any atom is 0.200 e. The molecule has 0 radical (unpaired) electrons. The van der Waals surface area contributed by atoms with Gasteiger partial charge in [0.25, 0.3) is 0 Å². The van der Waals surface area contributed by atoms with E-state index in [1.54, 1.807) is 11.7 Å². The van der Waals surface area contributed by atoms with Crippen LogP contribution in [0.25, 0.3) is 0 Å². The molecule has 0 amide bonds. The van der Waals surface area contributed by atoms with Gasteiger partial charge in [-0.25, -0.2) is 4.39 Å². The molecule has 1 atom stereocenters. The largest absolute Gasteiger partial charge is 0.291 e. The zero-order valence-corrected chi connectivity index (χ0v) is 6.75. The first-order chi connectivity index (χ1) is 5.70. The third kappa shape index (κ3) is 0.873. The van der Waals surface area contributed by atoms with Gasteiger partial charge in [-0.15, -0.1) is 0 Å². The number of hydrogen-bond donors (Lipinski definition) is 0. The number of aryl methyl sites for hydroxylation is 1. The molecule has 1 heterocycles. The maximum absolute atomic E-state index is 12.9. The number of ketones is 1. The molecule has 0 aliphatic heterocycles. The van der Waals surface area contributed by atoms with E-state index in [9.17, 15) is 9.18 Å². The van der Waals surface area contributed by atoms with E-state index < -0.39 is 12.0 Å². The fourth-order valence-corrected chi connectivity index (χ4v) is 1.53. The Labute approximate surface area is 69.2 Å². The molecule has 0 aromatic carbocycles. The summed E-state index contributed by atoms with van der Waals surface area (Å²) in [6.07, 6.45) is 1.04. The molecule has 12 heavy (non-hydrogen) atoms. The van der Waals surface area contributed by atoms with Crippen LogP contribution in [-0.2, 0) is 13.5 Å². The van der Waals surface area contributed by atoms with Gasteiger partial charge in [-0.05, 0) is 12.8 Å². The van der Waals surface area contributed by atoms with E-state index in [0.717, 1.165) is 5.69 Å². The lowest BCUT2D eigenvalue weighted by molar-refractivity contribution is 0.0855. The van der Waals surface area contributed by atoms with Crippen molar-refractivity contribution in [1.29, 1.82) is 0 Å². The summed E-state index contributed by atoms with van der Waals surface area (Å²) in [5, 5.41) is 3.91. The Kier molecular flexibility index (Phi) is 1.49. The normalized spacial score (nSPS) is 22.5. The third-order valence-electron chi connectivity index (χ3n) is 2.25. The fraction of sp³-hybridized carbons (Fsp3) is 0.500. The van der Waals surface area contributed by atoms with Gasteiger partial charge in [-0.2, -0.15) is 5.10 Å². The summed E-state index contributed by atoms with van der Waals surface area (Å²) in [6, 6.07) is 0. The molecule has 0 N–H and O–H groups in total. The van der Waals surface area contributed by atoms with Crippen LogP contribution in [0.3, 0.4) is 0 Å². The molecule has 0 saturated carbocycles. The SMILES string of the molecule is Cn1ncc2c1CCC(F)C2=O. The number of hydrogen-bond acceptors (Lipinski definition) is 2. The molecule has 1 aliphatic rings. The molecule has 0 saturated heterocycles. The molecule has 64 valence electrons. The lowest BCUT2D eigenvalue weighted by Crippen LogP contribution is -2.23. The van der Waals surface area contributed by atoms with E-state index >= 15 is 0 Å². The first kappa shape index (κ1) is 7.46. The second-order valence-corrected chi connectivity index (χ2v) is 3.00. The van der Waals surface area contributed by atoms with Crippen LogP contribution in [0.2, 0.25) is 0 Å². The smallest absolute Gasteiger partial charge is 0.200 e. The molecule has 1 unspecified atom stereocenters. The van der Waals surface area contributed by atoms with Crippen LogP contribution in [0.4, 0.5) is 4.39 Å². The summed E-state index contributed by atoms with van der Waals surface area (Å²) in [7, 11) is 1.77. The monoisotopic (exact) mass is 168 g/mol. The van der Waals surface area contributed by atoms with Crippen molar-refractivity contribution in [1.82, 2.24) is 9.78 Å². The Morgan fingerprint density at radius 1 is 1.75 bits per heavy atom. The van der Waals surface area contributed by atoms with Crippen molar-refractivity contribution < 1.29 is 9.18 Å². The second kappa shape index (κ2) is 2.40. The topological polar surface area (TPSA) is 34.9 Å². The highest BCUT2D eigenvalue weighted by molar-refractivity contribution is 6.01. The van der Waals surface area contributed by atoms with Crippen molar-refractivity contribution in [3.63, 3.8) is 0 Å². The molecule has 1 aromatic rings. The van der Waals surface area contributed by atoms with Gasteiger partial charge in [0.1, 0.15) is 0 Å². The summed E-state index contributed by atoms with van der Waals surface area (Å²) >= 11 is 0. The maximum atomic E-state index is 12.9. The summed E-state index contributed by atoms with van der Waals surface area (Å²) in [5.41, 5.74) is 1.31. The highest BCUT2D eigenvalue weighted by atomic mass is 19.1. The Hall–Kier alpha value is -1.19. The van der Waals surface area contributed by atoms with Gasteiger partial charge in [-0.3, -0.25) is 9.48 Å². The van der Waals surface area contributed by atoms with E-state index in [1.807, 2.05) is 0 Å². The Balaban J connectivity index is 2.50. The number of aromatic nitrogens is 2. The molecule has 4 heteroatoms. The van der Waals surface area contributed by atoms with Crippen LogP contribution in [0.1, 0.15) is 22.5 Å². The quantitative estimate of drug-likeness (QED) is 0.576. The number of carbonyl (C=O) groups is 1. The van der Waals surface area contributed by atoms with E-state index in [-0.39, 0.29) is 0 Å². The predicted molar refractivity (Wildman–Crippen MR) is 40.8 cm³/mol. The van der Waals surface area contributed by atoms with Crippen LogP contribution in [-0.4, -0.2) is 21.7 Å². The summed E-state index contributed by atoms with van der Waals surface area (Å²) in [4.78, 5) is 11.2.